The van der Waals surface area contributed by atoms with E-state index in [0.717, 1.165) is 55.7 Å². The summed E-state index contributed by atoms with van der Waals surface area (Å²) in [5.41, 5.74) is 1.50. The van der Waals surface area contributed by atoms with Gasteiger partial charge in [0.1, 0.15) is 0 Å². The summed E-state index contributed by atoms with van der Waals surface area (Å²) < 4.78 is 5.31. The van der Waals surface area contributed by atoms with Crippen LogP contribution in [0, 0.1) is 12.3 Å². The van der Waals surface area contributed by atoms with Gasteiger partial charge in [0, 0.05) is 45.2 Å². The van der Waals surface area contributed by atoms with E-state index in [1.165, 1.54) is 25.7 Å². The van der Waals surface area contributed by atoms with E-state index in [-0.39, 0.29) is 24.0 Å². The van der Waals surface area contributed by atoms with Crippen molar-refractivity contribution in [3.05, 3.63) is 16.1 Å². The second-order valence-electron chi connectivity index (χ2n) is 6.68. The third-order valence-corrected chi connectivity index (χ3v) is 5.58. The van der Waals surface area contributed by atoms with Gasteiger partial charge in [-0.05, 0) is 38.5 Å². The Bertz CT molecular complexity index is 515. The van der Waals surface area contributed by atoms with Crippen molar-refractivity contribution in [3.8, 4) is 0 Å². The molecular formula is C18H33IN4OS. The number of halogens is 1. The van der Waals surface area contributed by atoms with Crippen LogP contribution in [0.5, 0.6) is 0 Å². The quantitative estimate of drug-likeness (QED) is 0.321. The van der Waals surface area contributed by atoms with Crippen LogP contribution in [0.15, 0.2) is 10.4 Å². The molecule has 25 heavy (non-hydrogen) atoms. The summed E-state index contributed by atoms with van der Waals surface area (Å²) in [5, 5.41) is 10.1. The number of rotatable bonds is 9. The van der Waals surface area contributed by atoms with E-state index >= 15 is 0 Å². The number of guanidine groups is 1. The molecule has 0 amide bonds. The van der Waals surface area contributed by atoms with E-state index < -0.39 is 0 Å². The molecule has 0 unspecified atom stereocenters. The van der Waals surface area contributed by atoms with Gasteiger partial charge in [-0.1, -0.05) is 12.8 Å². The number of nitrogens with one attached hydrogen (secondary N) is 2. The molecule has 1 heterocycles. The van der Waals surface area contributed by atoms with E-state index in [0.29, 0.717) is 5.41 Å². The van der Waals surface area contributed by atoms with Crippen molar-refractivity contribution in [2.45, 2.75) is 52.4 Å². The number of hydrogen-bond donors (Lipinski definition) is 2. The number of aliphatic imine (C=N–C) groups is 1. The highest BCUT2D eigenvalue weighted by Crippen LogP contribution is 2.41. The maximum atomic E-state index is 5.31. The number of aromatic nitrogens is 1. The lowest BCUT2D eigenvalue weighted by Gasteiger charge is -2.27. The van der Waals surface area contributed by atoms with E-state index in [9.17, 15) is 0 Å². The van der Waals surface area contributed by atoms with Gasteiger partial charge in [-0.2, -0.15) is 0 Å². The Morgan fingerprint density at radius 2 is 2.12 bits per heavy atom. The summed E-state index contributed by atoms with van der Waals surface area (Å²) in [7, 11) is 1.79. The SMILES string of the molecule is CCNC(=NCC1(CCOC)CCCC1)NCCc1csc(C)n1.I. The number of hydrogen-bond acceptors (Lipinski definition) is 4. The number of thiazole rings is 1. The Hall–Kier alpha value is -0.410. The lowest BCUT2D eigenvalue weighted by atomic mass is 9.83. The second-order valence-corrected chi connectivity index (χ2v) is 7.74. The number of aryl methyl sites for hydroxylation is 1. The highest BCUT2D eigenvalue weighted by atomic mass is 127. The smallest absolute Gasteiger partial charge is 0.191 e. The molecule has 2 N–H and O–H groups in total. The highest BCUT2D eigenvalue weighted by molar-refractivity contribution is 14.0. The lowest BCUT2D eigenvalue weighted by Crippen LogP contribution is -2.39. The zero-order valence-electron chi connectivity index (χ0n) is 15.8. The molecule has 1 aromatic heterocycles. The number of ether oxygens (including phenoxy) is 1. The van der Waals surface area contributed by atoms with Gasteiger partial charge >= 0.3 is 0 Å². The topological polar surface area (TPSA) is 58.5 Å². The molecule has 0 radical (unpaired) electrons. The van der Waals surface area contributed by atoms with Gasteiger partial charge in [0.15, 0.2) is 5.96 Å². The van der Waals surface area contributed by atoms with E-state index in [2.05, 4.69) is 27.9 Å². The largest absolute Gasteiger partial charge is 0.385 e. The van der Waals surface area contributed by atoms with Gasteiger partial charge in [0.25, 0.3) is 0 Å². The summed E-state index contributed by atoms with van der Waals surface area (Å²) in [5.74, 6) is 0.924. The van der Waals surface area contributed by atoms with Gasteiger partial charge in [-0.3, -0.25) is 4.99 Å². The van der Waals surface area contributed by atoms with Crippen molar-refractivity contribution in [1.82, 2.24) is 15.6 Å². The molecule has 0 bridgehead atoms. The Balaban J connectivity index is 0.00000312. The normalized spacial score (nSPS) is 16.5. The van der Waals surface area contributed by atoms with Crippen LogP contribution < -0.4 is 10.6 Å². The summed E-state index contributed by atoms with van der Waals surface area (Å²) >= 11 is 1.71. The average Bonchev–Trinajstić information content (AvgIpc) is 3.20. The Morgan fingerprint density at radius 1 is 1.36 bits per heavy atom. The van der Waals surface area contributed by atoms with Gasteiger partial charge in [0.2, 0.25) is 0 Å². The summed E-state index contributed by atoms with van der Waals surface area (Å²) in [6.07, 6.45) is 7.25. The van der Waals surface area contributed by atoms with Gasteiger partial charge in [-0.15, -0.1) is 35.3 Å². The van der Waals surface area contributed by atoms with Crippen molar-refractivity contribution in [3.63, 3.8) is 0 Å². The maximum Gasteiger partial charge on any atom is 0.191 e. The van der Waals surface area contributed by atoms with Crippen molar-refractivity contribution < 1.29 is 4.74 Å². The lowest BCUT2D eigenvalue weighted by molar-refractivity contribution is 0.141. The predicted octanol–water partition coefficient (Wildman–Crippen LogP) is 3.76. The number of methoxy groups -OCH3 is 1. The zero-order valence-corrected chi connectivity index (χ0v) is 18.9. The van der Waals surface area contributed by atoms with E-state index in [1.54, 1.807) is 18.4 Å². The second kappa shape index (κ2) is 12.1. The molecule has 144 valence electrons. The first-order valence-electron chi connectivity index (χ1n) is 9.09. The third kappa shape index (κ3) is 7.78. The van der Waals surface area contributed by atoms with Crippen LogP contribution in [0.1, 0.15) is 49.7 Å². The van der Waals surface area contributed by atoms with Crippen LogP contribution in [-0.4, -0.2) is 44.3 Å². The van der Waals surface area contributed by atoms with Crippen LogP contribution >= 0.6 is 35.3 Å². The molecule has 0 saturated heterocycles. The monoisotopic (exact) mass is 480 g/mol. The van der Waals surface area contributed by atoms with Gasteiger partial charge < -0.3 is 15.4 Å². The summed E-state index contributed by atoms with van der Waals surface area (Å²) in [6, 6.07) is 0. The Morgan fingerprint density at radius 3 is 2.72 bits per heavy atom. The highest BCUT2D eigenvalue weighted by Gasteiger charge is 2.33. The van der Waals surface area contributed by atoms with Crippen LogP contribution in [0.25, 0.3) is 0 Å². The maximum absolute atomic E-state index is 5.31. The minimum Gasteiger partial charge on any atom is -0.385 e. The minimum atomic E-state index is 0. The van der Waals surface area contributed by atoms with Crippen molar-refractivity contribution in [2.24, 2.45) is 10.4 Å². The van der Waals surface area contributed by atoms with Crippen LogP contribution in [0.3, 0.4) is 0 Å². The fraction of sp³-hybridized carbons (Fsp3) is 0.778. The molecule has 0 atom stereocenters. The molecule has 0 spiro atoms. The molecule has 5 nitrogen and oxygen atoms in total. The van der Waals surface area contributed by atoms with Crippen molar-refractivity contribution in [1.29, 1.82) is 0 Å². The third-order valence-electron chi connectivity index (χ3n) is 4.76. The molecular weight excluding hydrogens is 447 g/mol. The molecule has 0 aromatic carbocycles. The van der Waals surface area contributed by atoms with Crippen molar-refractivity contribution >= 4 is 41.3 Å². The molecule has 1 aliphatic rings. The molecule has 1 fully saturated rings. The molecule has 1 saturated carbocycles. The molecule has 2 rings (SSSR count). The first kappa shape index (κ1) is 22.6. The summed E-state index contributed by atoms with van der Waals surface area (Å²) in [4.78, 5) is 9.39. The van der Waals surface area contributed by atoms with Crippen molar-refractivity contribution in [2.75, 3.05) is 33.4 Å². The van der Waals surface area contributed by atoms with Crippen LogP contribution in [-0.2, 0) is 11.2 Å². The fourth-order valence-corrected chi connectivity index (χ4v) is 4.00. The van der Waals surface area contributed by atoms with Crippen LogP contribution in [0.2, 0.25) is 0 Å². The Labute approximate surface area is 173 Å². The standard InChI is InChI=1S/C18H32N4OS.HI/c1-4-19-17(20-11-7-16-13-24-15(2)22-16)21-14-18(10-12-23-3)8-5-6-9-18;/h13H,4-12,14H2,1-3H3,(H2,19,20,21);1H. The van der Waals surface area contributed by atoms with E-state index in [1.807, 2.05) is 6.92 Å². The summed E-state index contributed by atoms with van der Waals surface area (Å²) in [6.45, 7) is 7.63. The zero-order chi connectivity index (χ0) is 17.3. The molecule has 1 aliphatic carbocycles. The first-order chi connectivity index (χ1) is 11.7. The fourth-order valence-electron chi connectivity index (χ4n) is 3.35. The number of nitrogens with zero attached hydrogens (tertiary/aromatic N) is 2. The molecule has 1 aromatic rings. The average molecular weight is 480 g/mol. The predicted molar refractivity (Wildman–Crippen MR) is 117 cm³/mol. The van der Waals surface area contributed by atoms with Gasteiger partial charge in [0.05, 0.1) is 10.7 Å². The Kier molecular flexibility index (Phi) is 10.9. The molecule has 7 heteroatoms. The minimum absolute atomic E-state index is 0. The van der Waals surface area contributed by atoms with E-state index in [4.69, 9.17) is 9.73 Å². The van der Waals surface area contributed by atoms with Gasteiger partial charge in [-0.25, -0.2) is 4.98 Å². The molecule has 0 aliphatic heterocycles. The van der Waals surface area contributed by atoms with Crippen LogP contribution in [0.4, 0.5) is 0 Å². The first-order valence-corrected chi connectivity index (χ1v) is 9.97.